The molecule has 0 unspecified atom stereocenters. The van der Waals surface area contributed by atoms with Gasteiger partial charge in [-0.3, -0.25) is 4.79 Å². The van der Waals surface area contributed by atoms with Gasteiger partial charge < -0.3 is 9.84 Å². The number of carboxylic acids is 1. The Morgan fingerprint density at radius 3 is 2.33 bits per heavy atom. The third-order valence-corrected chi connectivity index (χ3v) is 3.31. The average molecular weight is 284 g/mol. The van der Waals surface area contributed by atoms with E-state index < -0.39 is 5.97 Å². The zero-order valence-electron chi connectivity index (χ0n) is 12.0. The summed E-state index contributed by atoms with van der Waals surface area (Å²) in [4.78, 5) is 10.8. The molecule has 3 nitrogen and oxygen atoms in total. The molecule has 0 aliphatic rings. The molecular formula is C18H20O3. The van der Waals surface area contributed by atoms with Crippen molar-refractivity contribution >= 4 is 5.97 Å². The largest absolute Gasteiger partial charge is 0.481 e. The number of carboxylic acid groups (broad SMARTS) is 1. The van der Waals surface area contributed by atoms with Crippen molar-refractivity contribution < 1.29 is 14.6 Å². The van der Waals surface area contributed by atoms with Crippen LogP contribution in [0.15, 0.2) is 54.6 Å². The Bertz CT molecular complexity index is 564. The van der Waals surface area contributed by atoms with E-state index in [4.69, 9.17) is 9.84 Å². The second-order valence-electron chi connectivity index (χ2n) is 4.98. The second kappa shape index (κ2) is 8.22. The molecule has 0 radical (unpaired) electrons. The van der Waals surface area contributed by atoms with Crippen LogP contribution in [0.4, 0.5) is 0 Å². The lowest BCUT2D eigenvalue weighted by molar-refractivity contribution is -0.136. The number of carbonyl (C=O) groups is 1. The van der Waals surface area contributed by atoms with Gasteiger partial charge in [0.05, 0.1) is 13.0 Å². The molecule has 0 spiro atoms. The molecule has 110 valence electrons. The number of benzene rings is 2. The fraction of sp³-hybridized carbons (Fsp3) is 0.278. The van der Waals surface area contributed by atoms with Crippen molar-refractivity contribution in [2.24, 2.45) is 0 Å². The zero-order chi connectivity index (χ0) is 14.9. The average Bonchev–Trinajstić information content (AvgIpc) is 2.49. The predicted octanol–water partition coefficient (Wildman–Crippen LogP) is 3.46. The first-order chi connectivity index (χ1) is 10.3. The number of rotatable bonds is 8. The van der Waals surface area contributed by atoms with Crippen LogP contribution >= 0.6 is 0 Å². The second-order valence-corrected chi connectivity index (χ2v) is 4.98. The fourth-order valence-corrected chi connectivity index (χ4v) is 2.24. The molecule has 0 saturated heterocycles. The topological polar surface area (TPSA) is 46.5 Å². The summed E-state index contributed by atoms with van der Waals surface area (Å²) < 4.78 is 5.67. The quantitative estimate of drug-likeness (QED) is 0.755. The van der Waals surface area contributed by atoms with E-state index in [9.17, 15) is 4.79 Å². The minimum atomic E-state index is -0.813. The summed E-state index contributed by atoms with van der Waals surface area (Å²) in [5, 5.41) is 8.89. The lowest BCUT2D eigenvalue weighted by Crippen LogP contribution is -2.05. The van der Waals surface area contributed by atoms with E-state index in [1.807, 2.05) is 42.5 Å². The summed E-state index contributed by atoms with van der Waals surface area (Å²) in [6.45, 7) is 1.15. The van der Waals surface area contributed by atoms with Crippen LogP contribution in [-0.2, 0) is 29.0 Å². The molecule has 0 aliphatic carbocycles. The smallest absolute Gasteiger partial charge is 0.307 e. The van der Waals surface area contributed by atoms with Crippen LogP contribution < -0.4 is 0 Å². The van der Waals surface area contributed by atoms with E-state index in [-0.39, 0.29) is 6.42 Å². The molecule has 3 heteroatoms. The predicted molar refractivity (Wildman–Crippen MR) is 82.2 cm³/mol. The van der Waals surface area contributed by atoms with Gasteiger partial charge in [0, 0.05) is 6.61 Å². The Labute approximate surface area is 125 Å². The molecule has 0 aliphatic heterocycles. The molecule has 0 bridgehead atoms. The van der Waals surface area contributed by atoms with Crippen molar-refractivity contribution in [2.45, 2.75) is 25.9 Å². The molecule has 0 saturated carbocycles. The zero-order valence-corrected chi connectivity index (χ0v) is 12.0. The van der Waals surface area contributed by atoms with Crippen molar-refractivity contribution in [2.75, 3.05) is 6.61 Å². The molecule has 2 aromatic carbocycles. The van der Waals surface area contributed by atoms with Gasteiger partial charge in [-0.1, -0.05) is 54.6 Å². The van der Waals surface area contributed by atoms with Gasteiger partial charge in [0.2, 0.25) is 0 Å². The Morgan fingerprint density at radius 2 is 1.62 bits per heavy atom. The van der Waals surface area contributed by atoms with Crippen LogP contribution in [0.5, 0.6) is 0 Å². The van der Waals surface area contributed by atoms with Gasteiger partial charge >= 0.3 is 5.97 Å². The van der Waals surface area contributed by atoms with Crippen molar-refractivity contribution in [1.82, 2.24) is 0 Å². The third-order valence-electron chi connectivity index (χ3n) is 3.31. The highest BCUT2D eigenvalue weighted by Crippen LogP contribution is 2.11. The number of hydrogen-bond donors (Lipinski definition) is 1. The number of hydrogen-bond acceptors (Lipinski definition) is 2. The van der Waals surface area contributed by atoms with E-state index >= 15 is 0 Å². The van der Waals surface area contributed by atoms with Crippen LogP contribution in [0.2, 0.25) is 0 Å². The summed E-state index contributed by atoms with van der Waals surface area (Å²) in [7, 11) is 0. The number of aryl methyl sites for hydroxylation is 1. The van der Waals surface area contributed by atoms with E-state index in [2.05, 4.69) is 12.1 Å². The maximum Gasteiger partial charge on any atom is 0.307 e. The highest BCUT2D eigenvalue weighted by Gasteiger charge is 2.06. The normalized spacial score (nSPS) is 10.5. The van der Waals surface area contributed by atoms with E-state index in [0.29, 0.717) is 13.2 Å². The fourth-order valence-electron chi connectivity index (χ4n) is 2.24. The van der Waals surface area contributed by atoms with Crippen LogP contribution in [-0.4, -0.2) is 17.7 Å². The third kappa shape index (κ3) is 5.40. The minimum Gasteiger partial charge on any atom is -0.481 e. The molecule has 2 rings (SSSR count). The van der Waals surface area contributed by atoms with Gasteiger partial charge in [-0.25, -0.2) is 0 Å². The molecule has 2 aromatic rings. The van der Waals surface area contributed by atoms with Crippen molar-refractivity contribution in [1.29, 1.82) is 0 Å². The van der Waals surface area contributed by atoms with Crippen molar-refractivity contribution in [3.8, 4) is 0 Å². The van der Waals surface area contributed by atoms with Crippen LogP contribution in [0, 0.1) is 0 Å². The number of aliphatic carboxylic acids is 1. The first-order valence-electron chi connectivity index (χ1n) is 7.16. The molecule has 0 fully saturated rings. The Balaban J connectivity index is 1.75. The monoisotopic (exact) mass is 284 g/mol. The maximum absolute atomic E-state index is 10.8. The van der Waals surface area contributed by atoms with Crippen molar-refractivity contribution in [3.05, 3.63) is 71.3 Å². The Hall–Kier alpha value is -2.13. The van der Waals surface area contributed by atoms with Gasteiger partial charge in [-0.15, -0.1) is 0 Å². The molecule has 1 N–H and O–H groups in total. The molecule has 0 aromatic heterocycles. The summed E-state index contributed by atoms with van der Waals surface area (Å²) in [5.74, 6) is -0.813. The van der Waals surface area contributed by atoms with Crippen LogP contribution in [0.3, 0.4) is 0 Å². The van der Waals surface area contributed by atoms with Gasteiger partial charge in [0.15, 0.2) is 0 Å². The number of ether oxygens (including phenoxy) is 1. The molecule has 0 heterocycles. The summed E-state index contributed by atoms with van der Waals surface area (Å²) >= 11 is 0. The van der Waals surface area contributed by atoms with Gasteiger partial charge in [-0.05, 0) is 29.5 Å². The molecule has 0 amide bonds. The van der Waals surface area contributed by atoms with Crippen molar-refractivity contribution in [3.63, 3.8) is 0 Å². The minimum absolute atomic E-state index is 0.0452. The molecule has 0 atom stereocenters. The Morgan fingerprint density at radius 1 is 0.952 bits per heavy atom. The molecule has 21 heavy (non-hydrogen) atoms. The van der Waals surface area contributed by atoms with Gasteiger partial charge in [0.25, 0.3) is 0 Å². The highest BCUT2D eigenvalue weighted by atomic mass is 16.5. The summed E-state index contributed by atoms with van der Waals surface area (Å²) in [6, 6.07) is 17.9. The lowest BCUT2D eigenvalue weighted by Gasteiger charge is -2.09. The first-order valence-corrected chi connectivity index (χ1v) is 7.16. The first kappa shape index (κ1) is 15.3. The van der Waals surface area contributed by atoms with E-state index in [1.54, 1.807) is 0 Å². The SMILES string of the molecule is O=C(O)Cc1ccccc1COCCCc1ccccc1. The summed E-state index contributed by atoms with van der Waals surface area (Å²) in [5.41, 5.74) is 3.10. The van der Waals surface area contributed by atoms with E-state index in [0.717, 1.165) is 24.0 Å². The Kier molecular flexibility index (Phi) is 5.98. The lowest BCUT2D eigenvalue weighted by atomic mass is 10.1. The molecular weight excluding hydrogens is 264 g/mol. The highest BCUT2D eigenvalue weighted by molar-refractivity contribution is 5.70. The van der Waals surface area contributed by atoms with Crippen LogP contribution in [0.1, 0.15) is 23.1 Å². The van der Waals surface area contributed by atoms with Crippen LogP contribution in [0.25, 0.3) is 0 Å². The van der Waals surface area contributed by atoms with Gasteiger partial charge in [-0.2, -0.15) is 0 Å². The van der Waals surface area contributed by atoms with Gasteiger partial charge in [0.1, 0.15) is 0 Å². The van der Waals surface area contributed by atoms with E-state index in [1.165, 1.54) is 5.56 Å². The maximum atomic E-state index is 10.8. The standard InChI is InChI=1S/C18H20O3/c19-18(20)13-16-10-4-5-11-17(16)14-21-12-6-9-15-7-2-1-3-8-15/h1-5,7-8,10-11H,6,9,12-14H2,(H,19,20). The summed E-state index contributed by atoms with van der Waals surface area (Å²) in [6.07, 6.45) is 2.01.